The molecule has 2 rings (SSSR count). The van der Waals surface area contributed by atoms with E-state index >= 15 is 0 Å². The predicted molar refractivity (Wildman–Crippen MR) is 83.5 cm³/mol. The van der Waals surface area contributed by atoms with Crippen LogP contribution in [0.5, 0.6) is 0 Å². The predicted octanol–water partition coefficient (Wildman–Crippen LogP) is 0.695. The molecule has 0 atom stereocenters. The highest BCUT2D eigenvalue weighted by Crippen LogP contribution is 2.26. The smallest absolute Gasteiger partial charge is 0.246 e. The summed E-state index contributed by atoms with van der Waals surface area (Å²) < 4.78 is 50.0. The molecule has 1 saturated heterocycles. The fourth-order valence-corrected chi connectivity index (χ4v) is 5.49. The van der Waals surface area contributed by atoms with Crippen molar-refractivity contribution in [2.75, 3.05) is 36.5 Å². The van der Waals surface area contributed by atoms with Crippen molar-refractivity contribution in [3.63, 3.8) is 0 Å². The summed E-state index contributed by atoms with van der Waals surface area (Å²) in [6.45, 7) is 2.32. The van der Waals surface area contributed by atoms with Crippen molar-refractivity contribution in [2.45, 2.75) is 11.8 Å². The molecule has 0 bridgehead atoms. The fraction of sp³-hybridized carbons (Fsp3) is 0.545. The molecule has 0 aromatic carbocycles. The number of anilines is 1. The number of hydrogen-bond acceptors (Lipinski definition) is 6. The maximum absolute atomic E-state index is 12.7. The van der Waals surface area contributed by atoms with E-state index in [0.29, 0.717) is 11.0 Å². The number of hydrogen-bond donors (Lipinski definition) is 1. The van der Waals surface area contributed by atoms with Crippen molar-refractivity contribution in [3.05, 3.63) is 16.7 Å². The largest absolute Gasteiger partial charge is 0.369 e. The topological polar surface area (TPSA) is 96.4 Å². The normalized spacial score (nSPS) is 19.3. The molecule has 10 heteroatoms. The van der Waals surface area contributed by atoms with Crippen LogP contribution < -0.4 is 5.32 Å². The fourth-order valence-electron chi connectivity index (χ4n) is 1.99. The number of pyridine rings is 1. The third kappa shape index (κ3) is 3.74. The summed E-state index contributed by atoms with van der Waals surface area (Å²) in [5.41, 5.74) is 0. The van der Waals surface area contributed by atoms with Gasteiger partial charge in [-0.15, -0.1) is 0 Å². The van der Waals surface area contributed by atoms with Crippen molar-refractivity contribution in [1.82, 2.24) is 9.29 Å². The Labute approximate surface area is 132 Å². The van der Waals surface area contributed by atoms with Gasteiger partial charge >= 0.3 is 0 Å². The van der Waals surface area contributed by atoms with Gasteiger partial charge in [-0.25, -0.2) is 21.8 Å². The van der Waals surface area contributed by atoms with Gasteiger partial charge in [0.1, 0.15) is 10.7 Å². The van der Waals surface area contributed by atoms with Gasteiger partial charge in [-0.1, -0.05) is 0 Å². The van der Waals surface area contributed by atoms with Crippen LogP contribution in [0.25, 0.3) is 0 Å². The summed E-state index contributed by atoms with van der Waals surface area (Å²) >= 11 is 3.21. The molecule has 1 aromatic rings. The van der Waals surface area contributed by atoms with Crippen LogP contribution in [0.4, 0.5) is 5.82 Å². The zero-order chi connectivity index (χ0) is 15.7. The molecule has 0 saturated carbocycles. The zero-order valence-electron chi connectivity index (χ0n) is 11.4. The van der Waals surface area contributed by atoms with E-state index in [1.807, 2.05) is 6.92 Å². The highest BCUT2D eigenvalue weighted by Gasteiger charge is 2.33. The molecule has 1 aliphatic heterocycles. The Hall–Kier alpha value is -0.710. The van der Waals surface area contributed by atoms with Gasteiger partial charge in [0, 0.05) is 30.3 Å². The van der Waals surface area contributed by atoms with Gasteiger partial charge in [0.15, 0.2) is 9.84 Å². The first-order valence-electron chi connectivity index (χ1n) is 6.36. The van der Waals surface area contributed by atoms with E-state index in [0.717, 1.165) is 0 Å². The molecule has 1 fully saturated rings. The average Bonchev–Trinajstić information content (AvgIpc) is 2.40. The summed E-state index contributed by atoms with van der Waals surface area (Å²) in [7, 11) is -6.91. The van der Waals surface area contributed by atoms with Gasteiger partial charge in [-0.05, 0) is 28.9 Å². The van der Waals surface area contributed by atoms with E-state index in [-0.39, 0.29) is 35.3 Å². The number of rotatable bonds is 4. The molecule has 2 heterocycles. The van der Waals surface area contributed by atoms with E-state index in [9.17, 15) is 16.8 Å². The van der Waals surface area contributed by atoms with Crippen LogP contribution in [0.1, 0.15) is 6.92 Å². The van der Waals surface area contributed by atoms with E-state index in [2.05, 4.69) is 26.2 Å². The molecular weight excluding hydrogens is 382 g/mol. The lowest BCUT2D eigenvalue weighted by Gasteiger charge is -2.26. The molecule has 7 nitrogen and oxygen atoms in total. The minimum Gasteiger partial charge on any atom is -0.369 e. The van der Waals surface area contributed by atoms with Crippen molar-refractivity contribution < 1.29 is 16.8 Å². The molecule has 0 spiro atoms. The Morgan fingerprint density at radius 1 is 1.38 bits per heavy atom. The quantitative estimate of drug-likeness (QED) is 0.802. The van der Waals surface area contributed by atoms with Crippen molar-refractivity contribution >= 4 is 41.6 Å². The second-order valence-electron chi connectivity index (χ2n) is 4.59. The van der Waals surface area contributed by atoms with Gasteiger partial charge < -0.3 is 5.32 Å². The van der Waals surface area contributed by atoms with Gasteiger partial charge in [0.25, 0.3) is 0 Å². The van der Waals surface area contributed by atoms with E-state index in [1.165, 1.54) is 16.6 Å². The lowest BCUT2D eigenvalue weighted by atomic mass is 10.4. The number of nitrogens with one attached hydrogen (secondary N) is 1. The molecule has 0 radical (unpaired) electrons. The zero-order valence-corrected chi connectivity index (χ0v) is 14.6. The number of sulfone groups is 1. The first-order chi connectivity index (χ1) is 9.76. The van der Waals surface area contributed by atoms with Crippen molar-refractivity contribution in [1.29, 1.82) is 0 Å². The van der Waals surface area contributed by atoms with E-state index < -0.39 is 19.9 Å². The van der Waals surface area contributed by atoms with Gasteiger partial charge in [0.2, 0.25) is 10.0 Å². The van der Waals surface area contributed by atoms with Gasteiger partial charge in [0.05, 0.1) is 11.5 Å². The van der Waals surface area contributed by atoms with Crippen LogP contribution in [0.2, 0.25) is 0 Å². The molecule has 0 amide bonds. The lowest BCUT2D eigenvalue weighted by molar-refractivity contribution is 0.431. The Bertz CT molecular complexity index is 720. The Morgan fingerprint density at radius 2 is 2.00 bits per heavy atom. The summed E-state index contributed by atoms with van der Waals surface area (Å²) in [4.78, 5) is 4.13. The van der Waals surface area contributed by atoms with Gasteiger partial charge in [-0.3, -0.25) is 0 Å². The number of sulfonamides is 1. The van der Waals surface area contributed by atoms with E-state index in [1.54, 1.807) is 0 Å². The summed E-state index contributed by atoms with van der Waals surface area (Å²) in [6.07, 6.45) is 1.51. The first kappa shape index (κ1) is 16.7. The lowest BCUT2D eigenvalue weighted by Crippen LogP contribution is -2.43. The number of halogens is 1. The van der Waals surface area contributed by atoms with Crippen molar-refractivity contribution in [2.24, 2.45) is 0 Å². The monoisotopic (exact) mass is 397 g/mol. The summed E-state index contributed by atoms with van der Waals surface area (Å²) in [6, 6.07) is 1.48. The highest BCUT2D eigenvalue weighted by atomic mass is 79.9. The van der Waals surface area contributed by atoms with Crippen LogP contribution in [0.15, 0.2) is 21.6 Å². The molecule has 0 aliphatic carbocycles. The van der Waals surface area contributed by atoms with Crippen LogP contribution in [-0.4, -0.2) is 57.3 Å². The molecule has 21 heavy (non-hydrogen) atoms. The maximum Gasteiger partial charge on any atom is 0.246 e. The summed E-state index contributed by atoms with van der Waals surface area (Å²) in [5, 5.41) is 2.91. The minimum atomic E-state index is -3.77. The first-order valence-corrected chi connectivity index (χ1v) is 10.4. The minimum absolute atomic E-state index is 0.0251. The second kappa shape index (κ2) is 6.19. The highest BCUT2D eigenvalue weighted by molar-refractivity contribution is 9.10. The number of nitrogens with zero attached hydrogens (tertiary/aromatic N) is 2. The standard InChI is InChI=1S/C11H16BrN3O4S2/c1-2-13-11-10(7-9(12)8-14-11)21(18,19)15-3-5-20(16,17)6-4-15/h7-8H,2-6H2,1H3,(H,13,14). The second-order valence-corrected chi connectivity index (χ2v) is 9.71. The molecule has 1 aliphatic rings. The van der Waals surface area contributed by atoms with Crippen molar-refractivity contribution in [3.8, 4) is 0 Å². The Kier molecular flexibility index (Phi) is 4.91. The molecular formula is C11H16BrN3O4S2. The molecule has 118 valence electrons. The van der Waals surface area contributed by atoms with Crippen LogP contribution in [0.3, 0.4) is 0 Å². The number of aromatic nitrogens is 1. The SMILES string of the molecule is CCNc1ncc(Br)cc1S(=O)(=O)N1CCS(=O)(=O)CC1. The third-order valence-corrected chi connectivity index (χ3v) is 7.04. The third-order valence-electron chi connectivity index (χ3n) is 3.08. The molecule has 1 aromatic heterocycles. The Balaban J connectivity index is 2.38. The van der Waals surface area contributed by atoms with E-state index in [4.69, 9.17) is 0 Å². The van der Waals surface area contributed by atoms with Gasteiger partial charge in [-0.2, -0.15) is 4.31 Å². The average molecular weight is 398 g/mol. The Morgan fingerprint density at radius 3 is 2.57 bits per heavy atom. The van der Waals surface area contributed by atoms with Crippen LogP contribution >= 0.6 is 15.9 Å². The molecule has 1 N–H and O–H groups in total. The van der Waals surface area contributed by atoms with Crippen LogP contribution in [-0.2, 0) is 19.9 Å². The maximum atomic E-state index is 12.7. The van der Waals surface area contributed by atoms with Crippen LogP contribution in [0, 0.1) is 0 Å². The summed E-state index contributed by atoms with van der Waals surface area (Å²) in [5.74, 6) is -0.0249. The molecule has 0 unspecified atom stereocenters.